The number of pyridine rings is 1. The van der Waals surface area contributed by atoms with Crippen LogP contribution in [0.15, 0.2) is 54.7 Å². The topological polar surface area (TPSA) is 16.1 Å². The first-order valence-corrected chi connectivity index (χ1v) is 10.2. The van der Waals surface area contributed by atoms with Crippen molar-refractivity contribution in [3.8, 4) is 0 Å². The summed E-state index contributed by atoms with van der Waals surface area (Å²) < 4.78 is 0. The van der Waals surface area contributed by atoms with Gasteiger partial charge in [0.15, 0.2) is 0 Å². The summed E-state index contributed by atoms with van der Waals surface area (Å²) in [5.74, 6) is 0. The van der Waals surface area contributed by atoms with Crippen LogP contribution >= 0.6 is 12.4 Å². The molecule has 0 atom stereocenters. The highest BCUT2D eigenvalue weighted by Gasteiger charge is 2.15. The number of rotatable bonds is 5. The fourth-order valence-corrected chi connectivity index (χ4v) is 4.04. The lowest BCUT2D eigenvalue weighted by atomic mass is 10.0. The third-order valence-corrected chi connectivity index (χ3v) is 5.46. The number of hydrogen-bond donors (Lipinski definition) is 0. The zero-order valence-corrected chi connectivity index (χ0v) is 17.4. The highest BCUT2D eigenvalue weighted by Crippen LogP contribution is 2.27. The van der Waals surface area contributed by atoms with Crippen LogP contribution in [0.5, 0.6) is 0 Å². The summed E-state index contributed by atoms with van der Waals surface area (Å²) in [5.41, 5.74) is 5.07. The molecule has 2 nitrogen and oxygen atoms in total. The van der Waals surface area contributed by atoms with E-state index in [-0.39, 0.29) is 12.4 Å². The second-order valence-corrected chi connectivity index (χ2v) is 7.44. The molecule has 28 heavy (non-hydrogen) atoms. The first kappa shape index (κ1) is 20.4. The summed E-state index contributed by atoms with van der Waals surface area (Å²) in [4.78, 5) is 7.30. The maximum absolute atomic E-state index is 4.73. The lowest BCUT2D eigenvalue weighted by Crippen LogP contribution is -2.30. The van der Waals surface area contributed by atoms with Crippen LogP contribution in [0.2, 0.25) is 0 Å². The molecule has 0 unspecified atom stereocenters. The van der Waals surface area contributed by atoms with Crippen molar-refractivity contribution >= 4 is 41.0 Å². The van der Waals surface area contributed by atoms with Gasteiger partial charge in [-0.25, -0.2) is 0 Å². The van der Waals surface area contributed by atoms with Gasteiger partial charge in [-0.15, -0.1) is 12.4 Å². The number of nitrogens with zero attached hydrogens (tertiary/aromatic N) is 2. The molecular weight excluding hydrogens is 364 g/mol. The SMILES string of the molecule is CCCc1cnc(/C=C/c2cccc3ccccc23)cc1N1CCCCC1.Cl. The summed E-state index contributed by atoms with van der Waals surface area (Å²) in [6.45, 7) is 4.59. The van der Waals surface area contributed by atoms with Crippen molar-refractivity contribution in [2.24, 2.45) is 0 Å². The largest absolute Gasteiger partial charge is 0.371 e. The molecule has 146 valence electrons. The zero-order chi connectivity index (χ0) is 18.5. The number of benzene rings is 2. The molecule has 1 aliphatic rings. The first-order chi connectivity index (χ1) is 13.3. The van der Waals surface area contributed by atoms with Gasteiger partial charge in [0.05, 0.1) is 5.69 Å². The molecule has 0 spiro atoms. The number of fused-ring (bicyclic) bond motifs is 1. The molecule has 2 aromatic carbocycles. The number of piperidine rings is 1. The standard InChI is InChI=1S/C25H28N2.ClH/c1-2-9-22-19-26-23(18-25(22)27-16-6-3-7-17-27)15-14-21-12-8-11-20-10-4-5-13-24(20)21;/h4-5,8,10-15,18-19H,2-3,6-7,9,16-17H2,1H3;1H/b15-14+;. The molecule has 0 amide bonds. The molecule has 3 heteroatoms. The Bertz CT molecular complexity index is 937. The van der Waals surface area contributed by atoms with Crippen LogP contribution < -0.4 is 4.90 Å². The number of aromatic nitrogens is 1. The van der Waals surface area contributed by atoms with Crippen molar-refractivity contribution in [1.29, 1.82) is 0 Å². The minimum Gasteiger partial charge on any atom is -0.371 e. The molecule has 2 heterocycles. The molecule has 4 rings (SSSR count). The predicted molar refractivity (Wildman–Crippen MR) is 124 cm³/mol. The monoisotopic (exact) mass is 392 g/mol. The van der Waals surface area contributed by atoms with Gasteiger partial charge >= 0.3 is 0 Å². The van der Waals surface area contributed by atoms with E-state index in [1.54, 1.807) is 0 Å². The molecule has 1 fully saturated rings. The normalized spacial score (nSPS) is 14.4. The average molecular weight is 393 g/mol. The highest BCUT2D eigenvalue weighted by molar-refractivity contribution is 5.92. The number of hydrogen-bond acceptors (Lipinski definition) is 2. The lowest BCUT2D eigenvalue weighted by molar-refractivity contribution is 0.576. The van der Waals surface area contributed by atoms with Gasteiger partial charge in [0.2, 0.25) is 0 Å². The van der Waals surface area contributed by atoms with Crippen molar-refractivity contribution in [3.05, 3.63) is 71.5 Å². The van der Waals surface area contributed by atoms with Crippen LogP contribution in [0.3, 0.4) is 0 Å². The van der Waals surface area contributed by atoms with Gasteiger partial charge < -0.3 is 4.90 Å². The van der Waals surface area contributed by atoms with Gasteiger partial charge in [-0.2, -0.15) is 0 Å². The van der Waals surface area contributed by atoms with E-state index in [2.05, 4.69) is 78.7 Å². The van der Waals surface area contributed by atoms with Gasteiger partial charge in [-0.05, 0) is 59.7 Å². The van der Waals surface area contributed by atoms with E-state index in [4.69, 9.17) is 4.98 Å². The summed E-state index contributed by atoms with van der Waals surface area (Å²) in [5, 5.41) is 2.56. The summed E-state index contributed by atoms with van der Waals surface area (Å²) in [7, 11) is 0. The molecule has 1 saturated heterocycles. The van der Waals surface area contributed by atoms with Crippen molar-refractivity contribution in [3.63, 3.8) is 0 Å². The number of aryl methyl sites for hydroxylation is 1. The fourth-order valence-electron chi connectivity index (χ4n) is 4.04. The van der Waals surface area contributed by atoms with Crippen molar-refractivity contribution in [2.45, 2.75) is 39.0 Å². The van der Waals surface area contributed by atoms with E-state index < -0.39 is 0 Å². The van der Waals surface area contributed by atoms with E-state index in [0.717, 1.165) is 18.5 Å². The Kier molecular flexibility index (Phi) is 7.11. The lowest BCUT2D eigenvalue weighted by Gasteiger charge is -2.30. The number of anilines is 1. The Morgan fingerprint density at radius 1 is 0.964 bits per heavy atom. The molecule has 1 aliphatic heterocycles. The molecule has 0 aliphatic carbocycles. The van der Waals surface area contributed by atoms with Gasteiger partial charge in [0, 0.05) is 25.0 Å². The Morgan fingerprint density at radius 2 is 1.75 bits per heavy atom. The first-order valence-electron chi connectivity index (χ1n) is 10.2. The Labute approximate surface area is 174 Å². The van der Waals surface area contributed by atoms with E-state index >= 15 is 0 Å². The average Bonchev–Trinajstić information content (AvgIpc) is 2.74. The van der Waals surface area contributed by atoms with E-state index in [9.17, 15) is 0 Å². The minimum atomic E-state index is 0. The maximum atomic E-state index is 4.73. The Hall–Kier alpha value is -2.32. The van der Waals surface area contributed by atoms with E-state index in [0.29, 0.717) is 0 Å². The summed E-state index contributed by atoms with van der Waals surface area (Å²) in [6.07, 6.45) is 12.7. The summed E-state index contributed by atoms with van der Waals surface area (Å²) in [6, 6.07) is 17.3. The molecular formula is C25H29ClN2. The number of halogens is 1. The quantitative estimate of drug-likeness (QED) is 0.476. The third-order valence-electron chi connectivity index (χ3n) is 5.46. The van der Waals surface area contributed by atoms with Crippen LogP contribution in [0.1, 0.15) is 49.4 Å². The van der Waals surface area contributed by atoms with Crippen LogP contribution in [-0.4, -0.2) is 18.1 Å². The van der Waals surface area contributed by atoms with Crippen LogP contribution in [0.25, 0.3) is 22.9 Å². The van der Waals surface area contributed by atoms with Crippen LogP contribution in [0, 0.1) is 0 Å². The van der Waals surface area contributed by atoms with E-state index in [1.165, 1.54) is 59.9 Å². The zero-order valence-electron chi connectivity index (χ0n) is 16.6. The van der Waals surface area contributed by atoms with Gasteiger partial charge in [0.25, 0.3) is 0 Å². The van der Waals surface area contributed by atoms with Gasteiger partial charge in [-0.3, -0.25) is 4.98 Å². The second-order valence-electron chi connectivity index (χ2n) is 7.44. The minimum absolute atomic E-state index is 0. The Balaban J connectivity index is 0.00000225. The van der Waals surface area contributed by atoms with Crippen LogP contribution in [0.4, 0.5) is 5.69 Å². The Morgan fingerprint density at radius 3 is 2.57 bits per heavy atom. The van der Waals surface area contributed by atoms with Crippen molar-refractivity contribution < 1.29 is 0 Å². The predicted octanol–water partition coefficient (Wildman–Crippen LogP) is 6.77. The van der Waals surface area contributed by atoms with Gasteiger partial charge in [-0.1, -0.05) is 61.9 Å². The van der Waals surface area contributed by atoms with Crippen molar-refractivity contribution in [2.75, 3.05) is 18.0 Å². The molecule has 0 radical (unpaired) electrons. The van der Waals surface area contributed by atoms with Crippen molar-refractivity contribution in [1.82, 2.24) is 4.98 Å². The summed E-state index contributed by atoms with van der Waals surface area (Å²) >= 11 is 0. The van der Waals surface area contributed by atoms with E-state index in [1.807, 2.05) is 0 Å². The van der Waals surface area contributed by atoms with Crippen LogP contribution in [-0.2, 0) is 6.42 Å². The molecule has 0 saturated carbocycles. The fraction of sp³-hybridized carbons (Fsp3) is 0.320. The molecule has 1 aromatic heterocycles. The smallest absolute Gasteiger partial charge is 0.0650 e. The second kappa shape index (κ2) is 9.75. The van der Waals surface area contributed by atoms with Gasteiger partial charge in [0.1, 0.15) is 0 Å². The molecule has 0 bridgehead atoms. The highest BCUT2D eigenvalue weighted by atomic mass is 35.5. The maximum Gasteiger partial charge on any atom is 0.0650 e. The molecule has 3 aromatic rings. The molecule has 0 N–H and O–H groups in total. The third kappa shape index (κ3) is 4.56.